The zero-order valence-electron chi connectivity index (χ0n) is 18.9. The van der Waals surface area contributed by atoms with Crippen LogP contribution in [0.5, 0.6) is 0 Å². The minimum absolute atomic E-state index is 0.104. The van der Waals surface area contributed by atoms with Crippen LogP contribution in [0.4, 0.5) is 0 Å². The molecule has 10 heteroatoms. The summed E-state index contributed by atoms with van der Waals surface area (Å²) < 4.78 is 0. The lowest BCUT2D eigenvalue weighted by Gasteiger charge is -2.28. The molecule has 1 rings (SSSR count). The normalized spacial score (nSPS) is 14.9. The highest BCUT2D eigenvalue weighted by Crippen LogP contribution is 2.09. The fraction of sp³-hybridized carbons (Fsp3) is 0.545. The third-order valence-corrected chi connectivity index (χ3v) is 5.32. The smallest absolute Gasteiger partial charge is 0.326 e. The van der Waals surface area contributed by atoms with Gasteiger partial charge in [0.2, 0.25) is 17.7 Å². The highest BCUT2D eigenvalue weighted by Gasteiger charge is 2.32. The Balaban J connectivity index is 2.93. The third-order valence-electron chi connectivity index (χ3n) is 4.92. The largest absolute Gasteiger partial charge is 0.480 e. The number of carboxylic acids is 1. The minimum Gasteiger partial charge on any atom is -0.480 e. The van der Waals surface area contributed by atoms with E-state index in [1.807, 2.05) is 6.07 Å². The lowest BCUT2D eigenvalue weighted by molar-refractivity contribution is -0.142. The summed E-state index contributed by atoms with van der Waals surface area (Å²) >= 11 is 3.99. The molecule has 0 bridgehead atoms. The molecule has 4 atom stereocenters. The molecule has 0 aromatic heterocycles. The van der Waals surface area contributed by atoms with Gasteiger partial charge in [0.1, 0.15) is 18.1 Å². The van der Waals surface area contributed by atoms with Gasteiger partial charge in [-0.05, 0) is 17.4 Å². The monoisotopic (exact) mass is 466 g/mol. The molecule has 3 amide bonds. The lowest BCUT2D eigenvalue weighted by Crippen LogP contribution is -2.59. The maximum Gasteiger partial charge on any atom is 0.326 e. The van der Waals surface area contributed by atoms with Crippen molar-refractivity contribution in [2.75, 3.05) is 5.75 Å². The van der Waals surface area contributed by atoms with Crippen molar-refractivity contribution in [2.45, 2.75) is 58.3 Å². The van der Waals surface area contributed by atoms with Gasteiger partial charge in [-0.25, -0.2) is 4.79 Å². The maximum absolute atomic E-state index is 12.9. The van der Waals surface area contributed by atoms with E-state index >= 15 is 0 Å². The molecule has 0 fully saturated rings. The number of hydrogen-bond donors (Lipinski definition) is 6. The van der Waals surface area contributed by atoms with E-state index in [4.69, 9.17) is 5.73 Å². The summed E-state index contributed by atoms with van der Waals surface area (Å²) in [6.45, 7) is 6.97. The molecule has 32 heavy (non-hydrogen) atoms. The quantitative estimate of drug-likeness (QED) is 0.245. The van der Waals surface area contributed by atoms with Crippen LogP contribution in [0.15, 0.2) is 30.3 Å². The van der Waals surface area contributed by atoms with Crippen LogP contribution in [0.2, 0.25) is 0 Å². The molecular formula is C22H34N4O5S. The van der Waals surface area contributed by atoms with Gasteiger partial charge in [0, 0.05) is 12.2 Å². The van der Waals surface area contributed by atoms with Gasteiger partial charge >= 0.3 is 5.97 Å². The van der Waals surface area contributed by atoms with Crippen LogP contribution in [-0.4, -0.2) is 58.7 Å². The van der Waals surface area contributed by atoms with Crippen LogP contribution in [-0.2, 0) is 25.6 Å². The molecule has 0 radical (unpaired) electrons. The van der Waals surface area contributed by atoms with E-state index in [0.29, 0.717) is 0 Å². The van der Waals surface area contributed by atoms with E-state index in [9.17, 15) is 24.3 Å². The van der Waals surface area contributed by atoms with Crippen LogP contribution in [0.3, 0.4) is 0 Å². The first kappa shape index (κ1) is 27.4. The summed E-state index contributed by atoms with van der Waals surface area (Å²) in [6.07, 6.45) is 0.104. The SMILES string of the molecule is CC(C)C(NC(=O)C(N)CS)C(=O)NC(C(=O)NC(Cc1ccccc1)C(=O)O)C(C)C. The molecule has 0 spiro atoms. The fourth-order valence-electron chi connectivity index (χ4n) is 2.97. The van der Waals surface area contributed by atoms with Crippen LogP contribution < -0.4 is 21.7 Å². The van der Waals surface area contributed by atoms with Crippen molar-refractivity contribution in [1.82, 2.24) is 16.0 Å². The van der Waals surface area contributed by atoms with Crippen molar-refractivity contribution < 1.29 is 24.3 Å². The Morgan fingerprint density at radius 1 is 0.875 bits per heavy atom. The molecule has 1 aromatic rings. The van der Waals surface area contributed by atoms with E-state index in [0.717, 1.165) is 5.56 Å². The van der Waals surface area contributed by atoms with E-state index in [-0.39, 0.29) is 24.0 Å². The number of aliphatic carboxylic acids is 1. The van der Waals surface area contributed by atoms with Crippen molar-refractivity contribution in [3.8, 4) is 0 Å². The van der Waals surface area contributed by atoms with Crippen LogP contribution in [0, 0.1) is 11.8 Å². The first-order chi connectivity index (χ1) is 15.0. The Labute approximate surface area is 194 Å². The van der Waals surface area contributed by atoms with Gasteiger partial charge < -0.3 is 26.8 Å². The Morgan fingerprint density at radius 2 is 1.34 bits per heavy atom. The Bertz CT molecular complexity index is 788. The zero-order valence-corrected chi connectivity index (χ0v) is 19.8. The highest BCUT2D eigenvalue weighted by atomic mass is 32.1. The van der Waals surface area contributed by atoms with Gasteiger partial charge in [0.25, 0.3) is 0 Å². The summed E-state index contributed by atoms with van der Waals surface area (Å²) in [5.41, 5.74) is 6.43. The summed E-state index contributed by atoms with van der Waals surface area (Å²) in [7, 11) is 0. The number of hydrogen-bond acceptors (Lipinski definition) is 6. The molecule has 0 aliphatic rings. The fourth-order valence-corrected chi connectivity index (χ4v) is 3.13. The zero-order chi connectivity index (χ0) is 24.4. The van der Waals surface area contributed by atoms with Gasteiger partial charge in [-0.2, -0.15) is 12.6 Å². The van der Waals surface area contributed by atoms with E-state index in [2.05, 4.69) is 28.6 Å². The predicted octanol–water partition coefficient (Wildman–Crippen LogP) is 0.337. The van der Waals surface area contributed by atoms with Crippen molar-refractivity contribution >= 4 is 36.3 Å². The molecule has 6 N–H and O–H groups in total. The molecule has 1 aromatic carbocycles. The van der Waals surface area contributed by atoms with Crippen molar-refractivity contribution in [1.29, 1.82) is 0 Å². The second-order valence-corrected chi connectivity index (χ2v) is 8.70. The second kappa shape index (κ2) is 13.1. The number of benzene rings is 1. The molecule has 4 unspecified atom stereocenters. The number of carboxylic acid groups (broad SMARTS) is 1. The summed E-state index contributed by atoms with van der Waals surface area (Å²) in [6, 6.07) is 5.00. The standard InChI is InChI=1S/C22H34N4O5S/c1-12(2)17(26-21(29)18(13(3)4)25-19(27)15(23)11-32)20(28)24-16(22(30)31)10-14-8-6-5-7-9-14/h5-9,12-13,15-18,32H,10-11,23H2,1-4H3,(H,24,28)(H,25,27)(H,26,29)(H,30,31). The first-order valence-electron chi connectivity index (χ1n) is 10.5. The number of carbonyl (C=O) groups excluding carboxylic acids is 3. The van der Waals surface area contributed by atoms with E-state index < -0.39 is 47.9 Å². The maximum atomic E-state index is 12.9. The Kier molecular flexibility index (Phi) is 11.2. The summed E-state index contributed by atoms with van der Waals surface area (Å²) in [4.78, 5) is 49.6. The number of amides is 3. The minimum atomic E-state index is -1.18. The molecule has 178 valence electrons. The number of thiol groups is 1. The van der Waals surface area contributed by atoms with Crippen LogP contribution >= 0.6 is 12.6 Å². The van der Waals surface area contributed by atoms with Gasteiger partial charge in [-0.3, -0.25) is 14.4 Å². The van der Waals surface area contributed by atoms with Crippen molar-refractivity contribution in [3.63, 3.8) is 0 Å². The van der Waals surface area contributed by atoms with Gasteiger partial charge in [-0.1, -0.05) is 58.0 Å². The second-order valence-electron chi connectivity index (χ2n) is 8.34. The molecular weight excluding hydrogens is 432 g/mol. The van der Waals surface area contributed by atoms with Crippen molar-refractivity contribution in [2.24, 2.45) is 17.6 Å². The lowest BCUT2D eigenvalue weighted by atomic mass is 9.98. The van der Waals surface area contributed by atoms with Crippen LogP contribution in [0.1, 0.15) is 33.3 Å². The molecule has 0 aliphatic carbocycles. The number of nitrogens with one attached hydrogen (secondary N) is 3. The molecule has 0 saturated carbocycles. The number of rotatable bonds is 12. The summed E-state index contributed by atoms with van der Waals surface area (Å²) in [5.74, 6) is -3.34. The van der Waals surface area contributed by atoms with Gasteiger partial charge in [-0.15, -0.1) is 0 Å². The average molecular weight is 467 g/mol. The highest BCUT2D eigenvalue weighted by molar-refractivity contribution is 7.80. The van der Waals surface area contributed by atoms with Gasteiger partial charge in [0.15, 0.2) is 0 Å². The molecule has 0 aliphatic heterocycles. The van der Waals surface area contributed by atoms with E-state index in [1.54, 1.807) is 52.0 Å². The topological polar surface area (TPSA) is 151 Å². The number of nitrogens with two attached hydrogens (primary N) is 1. The molecule has 0 heterocycles. The Morgan fingerprint density at radius 3 is 1.78 bits per heavy atom. The first-order valence-corrected chi connectivity index (χ1v) is 11.1. The molecule has 0 saturated heterocycles. The molecule has 9 nitrogen and oxygen atoms in total. The van der Waals surface area contributed by atoms with Gasteiger partial charge in [0.05, 0.1) is 6.04 Å². The van der Waals surface area contributed by atoms with Crippen LogP contribution in [0.25, 0.3) is 0 Å². The van der Waals surface area contributed by atoms with E-state index in [1.165, 1.54) is 0 Å². The number of carbonyl (C=O) groups is 4. The predicted molar refractivity (Wildman–Crippen MR) is 125 cm³/mol. The average Bonchev–Trinajstić information content (AvgIpc) is 2.74. The van der Waals surface area contributed by atoms with Crippen molar-refractivity contribution in [3.05, 3.63) is 35.9 Å². The Hall–Kier alpha value is -2.59. The third kappa shape index (κ3) is 8.51. The summed E-state index contributed by atoms with van der Waals surface area (Å²) in [5, 5.41) is 17.3.